The summed E-state index contributed by atoms with van der Waals surface area (Å²) in [6, 6.07) is 25.3. The molecule has 1 aliphatic rings. The van der Waals surface area contributed by atoms with E-state index in [1.54, 1.807) is 12.1 Å². The Kier molecular flexibility index (Phi) is 5.73. The summed E-state index contributed by atoms with van der Waals surface area (Å²) in [5, 5.41) is 12.0. The van der Waals surface area contributed by atoms with Crippen molar-refractivity contribution in [2.75, 3.05) is 5.32 Å². The number of benzene rings is 3. The van der Waals surface area contributed by atoms with Crippen molar-refractivity contribution >= 4 is 23.4 Å². The van der Waals surface area contributed by atoms with Gasteiger partial charge in [-0.1, -0.05) is 60.3 Å². The summed E-state index contributed by atoms with van der Waals surface area (Å²) in [7, 11) is 0. The second kappa shape index (κ2) is 8.96. The molecule has 3 aromatic carbocycles. The quantitative estimate of drug-likeness (QED) is 0.369. The second-order valence-electron chi connectivity index (χ2n) is 7.69. The Morgan fingerprint density at radius 2 is 1.59 bits per heavy atom. The molecule has 1 fully saturated rings. The van der Waals surface area contributed by atoms with Crippen LogP contribution in [-0.2, 0) is 4.79 Å². The van der Waals surface area contributed by atoms with Crippen LogP contribution in [-0.4, -0.2) is 20.7 Å². The van der Waals surface area contributed by atoms with E-state index in [2.05, 4.69) is 20.1 Å². The molecule has 32 heavy (non-hydrogen) atoms. The lowest BCUT2D eigenvalue weighted by atomic mass is 10.1. The van der Waals surface area contributed by atoms with Crippen molar-refractivity contribution in [2.45, 2.75) is 29.2 Å². The van der Waals surface area contributed by atoms with Crippen molar-refractivity contribution in [1.29, 1.82) is 0 Å². The van der Waals surface area contributed by atoms with E-state index in [-0.39, 0.29) is 11.7 Å². The number of aromatic nitrogens is 3. The molecule has 0 radical (unpaired) electrons. The van der Waals surface area contributed by atoms with Gasteiger partial charge in [0.2, 0.25) is 5.91 Å². The van der Waals surface area contributed by atoms with Crippen LogP contribution in [0.5, 0.6) is 0 Å². The monoisotopic (exact) mass is 444 g/mol. The number of hydrogen-bond acceptors (Lipinski definition) is 4. The molecule has 160 valence electrons. The van der Waals surface area contributed by atoms with Gasteiger partial charge in [0, 0.05) is 17.3 Å². The van der Waals surface area contributed by atoms with E-state index in [4.69, 9.17) is 0 Å². The number of thioether (sulfide) groups is 1. The molecular weight excluding hydrogens is 423 g/mol. The van der Waals surface area contributed by atoms with Crippen LogP contribution in [0, 0.1) is 5.82 Å². The van der Waals surface area contributed by atoms with Crippen LogP contribution in [0.3, 0.4) is 0 Å². The van der Waals surface area contributed by atoms with Gasteiger partial charge in [0.1, 0.15) is 16.9 Å². The Hall–Kier alpha value is -3.45. The maximum atomic E-state index is 13.3. The molecule has 5 rings (SSSR count). The summed E-state index contributed by atoms with van der Waals surface area (Å²) >= 11 is 1.36. The first-order chi connectivity index (χ1) is 15.7. The third kappa shape index (κ3) is 4.43. The Bertz CT molecular complexity index is 1210. The summed E-state index contributed by atoms with van der Waals surface area (Å²) in [6.07, 6.45) is 2.20. The summed E-state index contributed by atoms with van der Waals surface area (Å²) in [5.41, 5.74) is 2.38. The van der Waals surface area contributed by atoms with Gasteiger partial charge in [0.05, 0.1) is 0 Å². The van der Waals surface area contributed by atoms with Gasteiger partial charge in [-0.2, -0.15) is 0 Å². The second-order valence-corrected chi connectivity index (χ2v) is 8.76. The van der Waals surface area contributed by atoms with Crippen molar-refractivity contribution in [1.82, 2.24) is 14.8 Å². The van der Waals surface area contributed by atoms with E-state index in [0.717, 1.165) is 29.9 Å². The third-order valence-electron chi connectivity index (χ3n) is 5.29. The maximum absolute atomic E-state index is 13.3. The highest BCUT2D eigenvalue weighted by Crippen LogP contribution is 2.43. The fraction of sp³-hybridized carbons (Fsp3) is 0.160. The average Bonchev–Trinajstić information content (AvgIpc) is 3.59. The number of amides is 1. The smallest absolute Gasteiger partial charge is 0.242 e. The Morgan fingerprint density at radius 1 is 0.938 bits per heavy atom. The lowest BCUT2D eigenvalue weighted by Crippen LogP contribution is -2.19. The summed E-state index contributed by atoms with van der Waals surface area (Å²) < 4.78 is 15.3. The molecule has 1 amide bonds. The molecule has 0 saturated heterocycles. The first-order valence-electron chi connectivity index (χ1n) is 10.5. The number of halogens is 1. The van der Waals surface area contributed by atoms with Gasteiger partial charge < -0.3 is 5.32 Å². The fourth-order valence-electron chi connectivity index (χ4n) is 3.53. The van der Waals surface area contributed by atoms with Crippen molar-refractivity contribution in [3.8, 4) is 5.69 Å². The number of nitrogens with one attached hydrogen (secondary N) is 1. The van der Waals surface area contributed by atoms with Crippen LogP contribution < -0.4 is 5.32 Å². The molecule has 0 bridgehead atoms. The van der Waals surface area contributed by atoms with E-state index < -0.39 is 5.25 Å². The SMILES string of the molecule is O=C(Nc1ccc(F)cc1)C(Sc1nnc(C2CC2)n1-c1ccccc1)c1ccccc1. The van der Waals surface area contributed by atoms with Gasteiger partial charge >= 0.3 is 0 Å². The van der Waals surface area contributed by atoms with Crippen LogP contribution in [0.1, 0.15) is 35.4 Å². The number of nitrogens with zero attached hydrogens (tertiary/aromatic N) is 3. The maximum Gasteiger partial charge on any atom is 0.242 e. The van der Waals surface area contributed by atoms with Crippen LogP contribution in [0.25, 0.3) is 5.69 Å². The molecule has 5 nitrogen and oxygen atoms in total. The molecule has 1 atom stereocenters. The minimum Gasteiger partial charge on any atom is -0.325 e. The predicted octanol–water partition coefficient (Wildman–Crippen LogP) is 5.76. The number of carbonyl (C=O) groups excluding carboxylic acids is 1. The van der Waals surface area contributed by atoms with Crippen molar-refractivity contribution in [3.05, 3.63) is 102 Å². The fourth-order valence-corrected chi connectivity index (χ4v) is 4.59. The van der Waals surface area contributed by atoms with Crippen molar-refractivity contribution in [3.63, 3.8) is 0 Å². The number of anilines is 1. The summed E-state index contributed by atoms with van der Waals surface area (Å²) in [6.45, 7) is 0. The Balaban J connectivity index is 1.49. The highest BCUT2D eigenvalue weighted by atomic mass is 32.2. The molecule has 1 heterocycles. The Labute approximate surface area is 189 Å². The topological polar surface area (TPSA) is 59.8 Å². The number of rotatable bonds is 7. The highest BCUT2D eigenvalue weighted by Gasteiger charge is 2.33. The van der Waals surface area contributed by atoms with E-state index >= 15 is 0 Å². The molecule has 1 N–H and O–H groups in total. The molecule has 7 heteroatoms. The Morgan fingerprint density at radius 3 is 2.25 bits per heavy atom. The zero-order valence-electron chi connectivity index (χ0n) is 17.2. The summed E-state index contributed by atoms with van der Waals surface area (Å²) in [5.74, 6) is 0.786. The number of carbonyl (C=O) groups is 1. The molecule has 1 unspecified atom stereocenters. The average molecular weight is 445 g/mol. The predicted molar refractivity (Wildman–Crippen MR) is 123 cm³/mol. The van der Waals surface area contributed by atoms with Crippen molar-refractivity contribution in [2.24, 2.45) is 0 Å². The third-order valence-corrected chi connectivity index (χ3v) is 6.49. The lowest BCUT2D eigenvalue weighted by Gasteiger charge is -2.18. The zero-order chi connectivity index (χ0) is 21.9. The molecule has 0 aliphatic heterocycles. The normalized spacial score (nSPS) is 14.2. The van der Waals surface area contributed by atoms with E-state index in [0.29, 0.717) is 16.8 Å². The molecule has 1 aliphatic carbocycles. The molecule has 1 saturated carbocycles. The van der Waals surface area contributed by atoms with Crippen LogP contribution in [0.2, 0.25) is 0 Å². The van der Waals surface area contributed by atoms with Gasteiger partial charge in [-0.15, -0.1) is 10.2 Å². The first-order valence-corrected chi connectivity index (χ1v) is 11.4. The molecule has 0 spiro atoms. The van der Waals surface area contributed by atoms with Gasteiger partial charge in [0.15, 0.2) is 5.16 Å². The minimum absolute atomic E-state index is 0.205. The van der Waals surface area contributed by atoms with Crippen LogP contribution in [0.15, 0.2) is 90.1 Å². The van der Waals surface area contributed by atoms with Gasteiger partial charge in [-0.05, 0) is 54.8 Å². The standard InChI is InChI=1S/C25H21FN4OS/c26-19-13-15-20(16-14-19)27-24(31)22(17-7-3-1-4-8-17)32-25-29-28-23(18-11-12-18)30(25)21-9-5-2-6-10-21/h1-10,13-16,18,22H,11-12H2,(H,27,31). The van der Waals surface area contributed by atoms with Crippen molar-refractivity contribution < 1.29 is 9.18 Å². The van der Waals surface area contributed by atoms with Crippen LogP contribution >= 0.6 is 11.8 Å². The first kappa shape index (κ1) is 20.5. The zero-order valence-corrected chi connectivity index (χ0v) is 18.0. The minimum atomic E-state index is -0.556. The van der Waals surface area contributed by atoms with E-state index in [9.17, 15) is 9.18 Å². The highest BCUT2D eigenvalue weighted by molar-refractivity contribution is 8.00. The number of hydrogen-bond donors (Lipinski definition) is 1. The molecular formula is C25H21FN4OS. The molecule has 4 aromatic rings. The molecule has 1 aromatic heterocycles. The lowest BCUT2D eigenvalue weighted by molar-refractivity contribution is -0.115. The summed E-state index contributed by atoms with van der Waals surface area (Å²) in [4.78, 5) is 13.3. The van der Waals surface area contributed by atoms with E-state index in [1.807, 2.05) is 60.7 Å². The van der Waals surface area contributed by atoms with Crippen LogP contribution in [0.4, 0.5) is 10.1 Å². The van der Waals surface area contributed by atoms with Gasteiger partial charge in [0.25, 0.3) is 0 Å². The largest absolute Gasteiger partial charge is 0.325 e. The van der Waals surface area contributed by atoms with Gasteiger partial charge in [-0.25, -0.2) is 4.39 Å². The van der Waals surface area contributed by atoms with E-state index in [1.165, 1.54) is 23.9 Å². The number of para-hydroxylation sites is 1. The van der Waals surface area contributed by atoms with Gasteiger partial charge in [-0.3, -0.25) is 9.36 Å².